The predicted octanol–water partition coefficient (Wildman–Crippen LogP) is 3.21. The molecule has 2 N–H and O–H groups in total. The highest BCUT2D eigenvalue weighted by molar-refractivity contribution is 6.36. The third-order valence-electron chi connectivity index (χ3n) is 5.61. The van der Waals surface area contributed by atoms with Crippen LogP contribution in [0.3, 0.4) is 0 Å². The van der Waals surface area contributed by atoms with E-state index in [2.05, 4.69) is 4.98 Å². The topological polar surface area (TPSA) is 87.2 Å². The zero-order valence-corrected chi connectivity index (χ0v) is 19.4. The van der Waals surface area contributed by atoms with Gasteiger partial charge in [0.2, 0.25) is 0 Å². The van der Waals surface area contributed by atoms with Crippen LogP contribution in [0, 0.1) is 0 Å². The molecule has 4 rings (SSSR count). The maximum absolute atomic E-state index is 13.3. The first-order valence-electron chi connectivity index (χ1n) is 10.2. The summed E-state index contributed by atoms with van der Waals surface area (Å²) in [4.78, 5) is 34.9. The van der Waals surface area contributed by atoms with Gasteiger partial charge in [-0.2, -0.15) is 0 Å². The minimum absolute atomic E-state index is 0.0503. The minimum atomic E-state index is -0.136. The molecule has 32 heavy (non-hydrogen) atoms. The molecule has 3 amide bonds. The first-order valence-corrected chi connectivity index (χ1v) is 11.0. The van der Waals surface area contributed by atoms with Crippen molar-refractivity contribution in [1.29, 1.82) is 0 Å². The molecule has 3 aromatic rings. The maximum atomic E-state index is 13.3. The third kappa shape index (κ3) is 4.13. The van der Waals surface area contributed by atoms with Crippen LogP contribution >= 0.6 is 23.2 Å². The fourth-order valence-corrected chi connectivity index (χ4v) is 4.40. The van der Waals surface area contributed by atoms with Gasteiger partial charge in [-0.1, -0.05) is 29.3 Å². The Morgan fingerprint density at radius 2 is 1.75 bits per heavy atom. The standard InChI is InChI=1S/C22H24Cl2N6O2/c1-27(2)22(32)29-7-5-28(6-8-29)21(31)19-12-26-20-9-14(11-25)17(13-30(19)20)16-4-3-15(23)10-18(16)24/h3-4,9-10,12-13H,5-8,11,25H2,1-2H3. The Labute approximate surface area is 196 Å². The Morgan fingerprint density at radius 1 is 1.06 bits per heavy atom. The van der Waals surface area contributed by atoms with E-state index in [9.17, 15) is 9.59 Å². The number of urea groups is 1. The van der Waals surface area contributed by atoms with E-state index in [0.717, 1.165) is 16.7 Å². The van der Waals surface area contributed by atoms with Crippen LogP contribution in [0.1, 0.15) is 16.1 Å². The van der Waals surface area contributed by atoms with Crippen molar-refractivity contribution >= 4 is 40.8 Å². The summed E-state index contributed by atoms with van der Waals surface area (Å²) in [5, 5.41) is 1.04. The minimum Gasteiger partial charge on any atom is -0.334 e. The fourth-order valence-electron chi connectivity index (χ4n) is 3.89. The number of piperazine rings is 1. The molecule has 1 aromatic carbocycles. The van der Waals surface area contributed by atoms with Crippen LogP contribution in [-0.4, -0.2) is 76.3 Å². The Morgan fingerprint density at radius 3 is 2.38 bits per heavy atom. The molecule has 0 aliphatic carbocycles. The van der Waals surface area contributed by atoms with Crippen molar-refractivity contribution in [2.75, 3.05) is 40.3 Å². The smallest absolute Gasteiger partial charge is 0.319 e. The molecule has 0 unspecified atom stereocenters. The van der Waals surface area contributed by atoms with Crippen LogP contribution in [-0.2, 0) is 6.54 Å². The number of pyridine rings is 1. The zero-order chi connectivity index (χ0) is 23.0. The summed E-state index contributed by atoms with van der Waals surface area (Å²) in [5.41, 5.74) is 9.52. The van der Waals surface area contributed by atoms with Gasteiger partial charge in [0.05, 0.1) is 6.20 Å². The molecule has 0 bridgehead atoms. The van der Waals surface area contributed by atoms with Crippen LogP contribution in [0.5, 0.6) is 0 Å². The first-order chi connectivity index (χ1) is 15.3. The highest BCUT2D eigenvalue weighted by Gasteiger charge is 2.27. The molecular weight excluding hydrogens is 451 g/mol. The van der Waals surface area contributed by atoms with Crippen LogP contribution in [0.15, 0.2) is 36.7 Å². The van der Waals surface area contributed by atoms with Crippen molar-refractivity contribution in [2.24, 2.45) is 5.73 Å². The van der Waals surface area contributed by atoms with E-state index < -0.39 is 0 Å². The lowest BCUT2D eigenvalue weighted by Gasteiger charge is -2.35. The highest BCUT2D eigenvalue weighted by Crippen LogP contribution is 2.33. The van der Waals surface area contributed by atoms with E-state index in [4.69, 9.17) is 28.9 Å². The molecule has 0 radical (unpaired) electrons. The number of fused-ring (bicyclic) bond motifs is 1. The van der Waals surface area contributed by atoms with Crippen LogP contribution < -0.4 is 5.73 Å². The Bertz CT molecular complexity index is 1180. The monoisotopic (exact) mass is 474 g/mol. The average molecular weight is 475 g/mol. The number of hydrogen-bond donors (Lipinski definition) is 1. The van der Waals surface area contributed by atoms with E-state index in [1.165, 1.54) is 0 Å². The summed E-state index contributed by atoms with van der Waals surface area (Å²) in [6.45, 7) is 2.19. The number of carbonyl (C=O) groups is 2. The summed E-state index contributed by atoms with van der Waals surface area (Å²) >= 11 is 12.5. The molecule has 0 atom stereocenters. The summed E-state index contributed by atoms with van der Waals surface area (Å²) < 4.78 is 1.76. The second-order valence-electron chi connectivity index (χ2n) is 7.87. The Kier molecular flexibility index (Phi) is 6.28. The first kappa shape index (κ1) is 22.4. The van der Waals surface area contributed by atoms with E-state index in [0.29, 0.717) is 54.1 Å². The van der Waals surface area contributed by atoms with Crippen LogP contribution in [0.2, 0.25) is 10.0 Å². The van der Waals surface area contributed by atoms with Gasteiger partial charge in [-0.3, -0.25) is 9.20 Å². The lowest BCUT2D eigenvalue weighted by atomic mass is 10.0. The second-order valence-corrected chi connectivity index (χ2v) is 8.71. The largest absolute Gasteiger partial charge is 0.334 e. The Balaban J connectivity index is 1.66. The third-order valence-corrected chi connectivity index (χ3v) is 6.16. The van der Waals surface area contributed by atoms with Crippen molar-refractivity contribution in [1.82, 2.24) is 24.1 Å². The normalized spacial score (nSPS) is 14.2. The Hall–Kier alpha value is -2.81. The second kappa shape index (κ2) is 8.97. The number of hydrogen-bond acceptors (Lipinski definition) is 4. The molecule has 1 aliphatic heterocycles. The summed E-state index contributed by atoms with van der Waals surface area (Å²) in [6, 6.07) is 7.10. The van der Waals surface area contributed by atoms with Gasteiger partial charge in [-0.05, 0) is 23.8 Å². The molecule has 1 fully saturated rings. The number of imidazole rings is 1. The zero-order valence-electron chi connectivity index (χ0n) is 17.9. The summed E-state index contributed by atoms with van der Waals surface area (Å²) in [6.07, 6.45) is 3.42. The molecule has 10 heteroatoms. The number of amides is 3. The SMILES string of the molecule is CN(C)C(=O)N1CCN(C(=O)c2cnc3cc(CN)c(-c4ccc(Cl)cc4Cl)cn23)CC1. The highest BCUT2D eigenvalue weighted by atomic mass is 35.5. The van der Waals surface area contributed by atoms with Gasteiger partial charge in [-0.15, -0.1) is 0 Å². The number of rotatable bonds is 3. The van der Waals surface area contributed by atoms with Crippen molar-refractivity contribution < 1.29 is 9.59 Å². The average Bonchev–Trinajstić information content (AvgIpc) is 3.20. The fraction of sp³-hybridized carbons (Fsp3) is 0.318. The van der Waals surface area contributed by atoms with Gasteiger partial charge in [0, 0.05) is 74.2 Å². The molecule has 0 saturated carbocycles. The number of benzene rings is 1. The lowest BCUT2D eigenvalue weighted by molar-refractivity contribution is 0.0643. The van der Waals surface area contributed by atoms with E-state index in [-0.39, 0.29) is 11.9 Å². The van der Waals surface area contributed by atoms with Gasteiger partial charge in [-0.25, -0.2) is 9.78 Å². The number of nitrogens with zero attached hydrogens (tertiary/aromatic N) is 5. The van der Waals surface area contributed by atoms with Crippen molar-refractivity contribution in [3.63, 3.8) is 0 Å². The molecule has 3 heterocycles. The van der Waals surface area contributed by atoms with Gasteiger partial charge in [0.15, 0.2) is 0 Å². The van der Waals surface area contributed by atoms with Gasteiger partial charge in [0.25, 0.3) is 5.91 Å². The van der Waals surface area contributed by atoms with Gasteiger partial charge >= 0.3 is 6.03 Å². The quantitative estimate of drug-likeness (QED) is 0.631. The number of halogens is 2. The van der Waals surface area contributed by atoms with Gasteiger partial charge < -0.3 is 20.4 Å². The number of carbonyl (C=O) groups excluding carboxylic acids is 2. The van der Waals surface area contributed by atoms with E-state index in [1.54, 1.807) is 51.5 Å². The molecule has 2 aromatic heterocycles. The molecular formula is C22H24Cl2N6O2. The van der Waals surface area contributed by atoms with Crippen molar-refractivity contribution in [3.05, 3.63) is 58.0 Å². The van der Waals surface area contributed by atoms with Crippen molar-refractivity contribution in [2.45, 2.75) is 6.54 Å². The molecule has 1 saturated heterocycles. The van der Waals surface area contributed by atoms with Gasteiger partial charge in [0.1, 0.15) is 11.3 Å². The molecule has 168 valence electrons. The molecule has 1 aliphatic rings. The van der Waals surface area contributed by atoms with Crippen LogP contribution in [0.25, 0.3) is 16.8 Å². The number of aromatic nitrogens is 2. The van der Waals surface area contributed by atoms with E-state index in [1.807, 2.05) is 18.3 Å². The van der Waals surface area contributed by atoms with E-state index >= 15 is 0 Å². The van der Waals surface area contributed by atoms with Crippen LogP contribution in [0.4, 0.5) is 4.79 Å². The molecule has 0 spiro atoms. The number of nitrogens with two attached hydrogens (primary N) is 1. The summed E-state index contributed by atoms with van der Waals surface area (Å²) in [7, 11) is 3.44. The molecule has 8 nitrogen and oxygen atoms in total. The predicted molar refractivity (Wildman–Crippen MR) is 125 cm³/mol. The summed E-state index contributed by atoms with van der Waals surface area (Å²) in [5.74, 6) is -0.136. The maximum Gasteiger partial charge on any atom is 0.319 e. The van der Waals surface area contributed by atoms with Crippen molar-refractivity contribution in [3.8, 4) is 11.1 Å². The lowest BCUT2D eigenvalue weighted by Crippen LogP contribution is -2.53.